The molecule has 0 fully saturated rings. The van der Waals surface area contributed by atoms with Gasteiger partial charge in [-0.1, -0.05) is 37.4 Å². The second kappa shape index (κ2) is 2.83. The highest BCUT2D eigenvalue weighted by molar-refractivity contribution is 5.88. The summed E-state index contributed by atoms with van der Waals surface area (Å²) in [5, 5.41) is 4.64. The molecule has 0 aromatic heterocycles. The normalized spacial score (nSPS) is 13.3. The van der Waals surface area contributed by atoms with Crippen LogP contribution < -0.4 is 10.4 Å². The van der Waals surface area contributed by atoms with Gasteiger partial charge in [-0.2, -0.15) is 0 Å². The Bertz CT molecular complexity index is 675. The van der Waals surface area contributed by atoms with Crippen molar-refractivity contribution < 1.29 is 0 Å². The highest BCUT2D eigenvalue weighted by atomic mass is 14.1. The van der Waals surface area contributed by atoms with Crippen molar-refractivity contribution in [2.75, 3.05) is 0 Å². The van der Waals surface area contributed by atoms with Crippen molar-refractivity contribution in [1.82, 2.24) is 0 Å². The van der Waals surface area contributed by atoms with Crippen LogP contribution in [0.2, 0.25) is 0 Å². The van der Waals surface area contributed by atoms with Crippen LogP contribution in [0.1, 0.15) is 11.1 Å². The monoisotopic (exact) mass is 192 g/mol. The number of allylic oxidation sites excluding steroid dienone is 1. The maximum absolute atomic E-state index is 4.07. The van der Waals surface area contributed by atoms with Crippen LogP contribution in [-0.4, -0.2) is 0 Å². The zero-order valence-corrected chi connectivity index (χ0v) is 8.59. The van der Waals surface area contributed by atoms with Crippen molar-refractivity contribution in [2.24, 2.45) is 0 Å². The maximum Gasteiger partial charge on any atom is -0.00879 e. The van der Waals surface area contributed by atoms with Gasteiger partial charge < -0.3 is 0 Å². The van der Waals surface area contributed by atoms with Crippen molar-refractivity contribution in [3.63, 3.8) is 0 Å². The van der Waals surface area contributed by atoms with E-state index in [2.05, 4.69) is 37.4 Å². The lowest BCUT2D eigenvalue weighted by Crippen LogP contribution is -2.09. The van der Waals surface area contributed by atoms with Gasteiger partial charge in [-0.3, -0.25) is 0 Å². The average molecular weight is 192 g/mol. The Morgan fingerprint density at radius 3 is 2.33 bits per heavy atom. The van der Waals surface area contributed by atoms with E-state index < -0.39 is 0 Å². The topological polar surface area (TPSA) is 0 Å². The number of hydrogen-bond donors (Lipinski definition) is 0. The number of rotatable bonds is 0. The number of hydrogen-bond acceptors (Lipinski definition) is 0. The molecule has 0 saturated heterocycles. The van der Waals surface area contributed by atoms with Crippen LogP contribution in [0.5, 0.6) is 0 Å². The molecule has 0 heterocycles. The van der Waals surface area contributed by atoms with Gasteiger partial charge in [-0.15, -0.1) is 0 Å². The molecule has 0 saturated carbocycles. The van der Waals surface area contributed by atoms with Gasteiger partial charge in [0, 0.05) is 0 Å². The van der Waals surface area contributed by atoms with Gasteiger partial charge in [-0.05, 0) is 50.9 Å². The molecule has 1 aliphatic rings. The van der Waals surface area contributed by atoms with E-state index in [-0.39, 0.29) is 0 Å². The van der Waals surface area contributed by atoms with Crippen LogP contribution in [0.25, 0.3) is 30.0 Å². The van der Waals surface area contributed by atoms with Gasteiger partial charge in [0.2, 0.25) is 0 Å². The van der Waals surface area contributed by atoms with Crippen LogP contribution in [0.3, 0.4) is 0 Å². The first-order valence-corrected chi connectivity index (χ1v) is 5.16. The minimum atomic E-state index is 1.05. The van der Waals surface area contributed by atoms with Crippen LogP contribution in [0.4, 0.5) is 0 Å². The predicted molar refractivity (Wildman–Crippen MR) is 67.0 cm³/mol. The second-order valence-electron chi connectivity index (χ2n) is 4.09. The average Bonchev–Trinajstić information content (AvgIpc) is 2.69. The molecule has 0 unspecified atom stereocenters. The van der Waals surface area contributed by atoms with Crippen molar-refractivity contribution in [1.29, 1.82) is 0 Å². The van der Waals surface area contributed by atoms with Crippen molar-refractivity contribution in [2.45, 2.75) is 6.42 Å². The molecule has 0 heteroatoms. The molecule has 1 aliphatic carbocycles. The van der Waals surface area contributed by atoms with Crippen LogP contribution in [0.15, 0.2) is 30.3 Å². The van der Waals surface area contributed by atoms with E-state index in [1.54, 1.807) is 0 Å². The summed E-state index contributed by atoms with van der Waals surface area (Å²) in [5.74, 6) is 0. The Morgan fingerprint density at radius 1 is 0.933 bits per heavy atom. The van der Waals surface area contributed by atoms with E-state index in [9.17, 15) is 0 Å². The molecule has 2 aromatic rings. The van der Waals surface area contributed by atoms with Crippen LogP contribution in [-0.2, 0) is 6.42 Å². The minimum absolute atomic E-state index is 1.05. The fraction of sp³-hybridized carbons (Fsp3) is 0.0667. The first-order chi connectivity index (χ1) is 7.25. The third-order valence-corrected chi connectivity index (χ3v) is 3.09. The maximum atomic E-state index is 4.07. The van der Waals surface area contributed by atoms with Crippen LogP contribution >= 0.6 is 0 Å². The largest absolute Gasteiger partial charge is 0.0911 e. The predicted octanol–water partition coefficient (Wildman–Crippen LogP) is 2.23. The molecule has 0 nitrogen and oxygen atoms in total. The SMILES string of the molecule is C=c1ccc(=C)c2cc3c(cc12)C=CC3. The van der Waals surface area contributed by atoms with Crippen molar-refractivity contribution in [3.05, 3.63) is 51.9 Å². The third-order valence-electron chi connectivity index (χ3n) is 3.09. The molecule has 0 aliphatic heterocycles. The van der Waals surface area contributed by atoms with E-state index in [1.807, 2.05) is 12.1 Å². The minimum Gasteiger partial charge on any atom is -0.0911 e. The second-order valence-corrected chi connectivity index (χ2v) is 4.09. The lowest BCUT2D eigenvalue weighted by Gasteiger charge is -2.04. The molecule has 15 heavy (non-hydrogen) atoms. The lowest BCUT2D eigenvalue weighted by molar-refractivity contribution is 1.32. The Kier molecular flexibility index (Phi) is 1.60. The van der Waals surface area contributed by atoms with Crippen molar-refractivity contribution >= 4 is 30.0 Å². The smallest absolute Gasteiger partial charge is 0.00879 e. The summed E-state index contributed by atoms with van der Waals surface area (Å²) in [5.41, 5.74) is 2.73. The van der Waals surface area contributed by atoms with Gasteiger partial charge >= 0.3 is 0 Å². The summed E-state index contributed by atoms with van der Waals surface area (Å²) < 4.78 is 0. The lowest BCUT2D eigenvalue weighted by atomic mass is 10.0. The highest BCUT2D eigenvalue weighted by Gasteiger charge is 2.06. The first kappa shape index (κ1) is 8.49. The molecular weight excluding hydrogens is 180 g/mol. The Hall–Kier alpha value is -1.82. The van der Waals surface area contributed by atoms with Gasteiger partial charge in [-0.25, -0.2) is 0 Å². The summed E-state index contributed by atoms with van der Waals surface area (Å²) in [6.07, 6.45) is 5.44. The summed E-state index contributed by atoms with van der Waals surface area (Å²) in [7, 11) is 0. The zero-order chi connectivity index (χ0) is 10.4. The van der Waals surface area contributed by atoms with E-state index in [1.165, 1.54) is 21.9 Å². The Labute approximate surface area is 88.9 Å². The molecule has 3 rings (SSSR count). The molecular formula is C15H12. The van der Waals surface area contributed by atoms with E-state index in [4.69, 9.17) is 0 Å². The van der Waals surface area contributed by atoms with Gasteiger partial charge in [0.05, 0.1) is 0 Å². The number of fused-ring (bicyclic) bond motifs is 2. The summed E-state index contributed by atoms with van der Waals surface area (Å²) in [6, 6.07) is 8.56. The molecule has 0 atom stereocenters. The van der Waals surface area contributed by atoms with Gasteiger partial charge in [0.25, 0.3) is 0 Å². The van der Waals surface area contributed by atoms with Gasteiger partial charge in [0.1, 0.15) is 0 Å². The molecule has 0 radical (unpaired) electrons. The Morgan fingerprint density at radius 2 is 1.60 bits per heavy atom. The van der Waals surface area contributed by atoms with E-state index in [0.717, 1.165) is 16.9 Å². The molecule has 0 amide bonds. The standard InChI is InChI=1S/C15H12/c1-10-6-7-11(2)15-9-13-5-3-4-12(13)8-14(10)15/h3-4,6-9H,1-2,5H2. The van der Waals surface area contributed by atoms with E-state index in [0.29, 0.717) is 0 Å². The summed E-state index contributed by atoms with van der Waals surface area (Å²) >= 11 is 0. The van der Waals surface area contributed by atoms with Gasteiger partial charge in [0.15, 0.2) is 0 Å². The Balaban J connectivity index is 2.56. The summed E-state index contributed by atoms with van der Waals surface area (Å²) in [6.45, 7) is 8.13. The third kappa shape index (κ3) is 1.15. The highest BCUT2D eigenvalue weighted by Crippen LogP contribution is 2.22. The number of benzene rings is 2. The molecule has 2 aromatic carbocycles. The van der Waals surface area contributed by atoms with Crippen LogP contribution in [0, 0.1) is 0 Å². The fourth-order valence-electron chi connectivity index (χ4n) is 2.22. The molecule has 0 bridgehead atoms. The zero-order valence-electron chi connectivity index (χ0n) is 8.59. The molecule has 0 N–H and O–H groups in total. The van der Waals surface area contributed by atoms with E-state index >= 15 is 0 Å². The fourth-order valence-corrected chi connectivity index (χ4v) is 2.22. The summed E-state index contributed by atoms with van der Waals surface area (Å²) in [4.78, 5) is 0. The van der Waals surface area contributed by atoms with Crippen molar-refractivity contribution in [3.8, 4) is 0 Å². The molecule has 72 valence electrons. The first-order valence-electron chi connectivity index (χ1n) is 5.16. The molecule has 0 spiro atoms. The quantitative estimate of drug-likeness (QED) is 0.600.